The summed E-state index contributed by atoms with van der Waals surface area (Å²) >= 11 is 2.25. The number of nitrogen functional groups attached to an aromatic ring is 1. The van der Waals surface area contributed by atoms with Crippen LogP contribution in [0.25, 0.3) is 0 Å². The number of halogens is 1. The highest BCUT2D eigenvalue weighted by Gasteiger charge is 1.98. The lowest BCUT2D eigenvalue weighted by molar-refractivity contribution is 0.141. The first kappa shape index (κ1) is 13.6. The summed E-state index contributed by atoms with van der Waals surface area (Å²) in [5.74, 6) is 0. The molecule has 4 heteroatoms. The van der Waals surface area contributed by atoms with E-state index in [2.05, 4.69) is 34.8 Å². The van der Waals surface area contributed by atoms with Crippen molar-refractivity contribution in [2.75, 3.05) is 30.8 Å². The lowest BCUT2D eigenvalue weighted by atomic mass is 10.3. The van der Waals surface area contributed by atoms with Gasteiger partial charge in [0.1, 0.15) is 0 Å². The van der Waals surface area contributed by atoms with Crippen molar-refractivity contribution in [1.82, 2.24) is 0 Å². The second-order valence-corrected chi connectivity index (χ2v) is 4.87. The van der Waals surface area contributed by atoms with Gasteiger partial charge in [-0.1, -0.05) is 13.3 Å². The Morgan fingerprint density at radius 2 is 2.19 bits per heavy atom. The molecule has 3 nitrogen and oxygen atoms in total. The van der Waals surface area contributed by atoms with Crippen molar-refractivity contribution in [2.45, 2.75) is 19.8 Å². The normalized spacial score (nSPS) is 10.4. The summed E-state index contributed by atoms with van der Waals surface area (Å²) in [6.07, 6.45) is 2.31. The van der Waals surface area contributed by atoms with Gasteiger partial charge in [-0.2, -0.15) is 0 Å². The van der Waals surface area contributed by atoms with Crippen LogP contribution < -0.4 is 11.1 Å². The Kier molecular flexibility index (Phi) is 6.56. The first-order valence-corrected chi connectivity index (χ1v) is 6.68. The molecule has 1 rings (SSSR count). The Morgan fingerprint density at radius 3 is 2.88 bits per heavy atom. The molecule has 0 radical (unpaired) electrons. The van der Waals surface area contributed by atoms with Gasteiger partial charge in [0, 0.05) is 16.7 Å². The molecule has 1 aromatic rings. The second-order valence-electron chi connectivity index (χ2n) is 3.62. The average molecular weight is 334 g/mol. The van der Waals surface area contributed by atoms with Gasteiger partial charge >= 0.3 is 0 Å². The molecular formula is C12H19IN2O. The molecule has 0 fully saturated rings. The Morgan fingerprint density at radius 1 is 1.38 bits per heavy atom. The first-order chi connectivity index (χ1) is 7.74. The summed E-state index contributed by atoms with van der Waals surface area (Å²) in [4.78, 5) is 0. The highest BCUT2D eigenvalue weighted by molar-refractivity contribution is 14.1. The lowest BCUT2D eigenvalue weighted by Crippen LogP contribution is -2.11. The Bertz CT molecular complexity index is 318. The number of nitrogens with two attached hydrogens (primary N) is 1. The fourth-order valence-electron chi connectivity index (χ4n) is 1.30. The molecule has 0 aliphatic rings. The minimum absolute atomic E-state index is 0.728. The van der Waals surface area contributed by atoms with E-state index in [0.29, 0.717) is 0 Å². The van der Waals surface area contributed by atoms with Crippen molar-refractivity contribution >= 4 is 34.0 Å². The summed E-state index contributed by atoms with van der Waals surface area (Å²) in [5, 5.41) is 3.26. The maximum absolute atomic E-state index is 5.88. The SMILES string of the molecule is CCCCOCCNc1ccc(I)cc1N. The van der Waals surface area contributed by atoms with Gasteiger partial charge in [-0.25, -0.2) is 0 Å². The van der Waals surface area contributed by atoms with E-state index in [-0.39, 0.29) is 0 Å². The number of hydrogen-bond acceptors (Lipinski definition) is 3. The van der Waals surface area contributed by atoms with Crippen molar-refractivity contribution < 1.29 is 4.74 Å². The molecule has 16 heavy (non-hydrogen) atoms. The molecule has 0 spiro atoms. The Balaban J connectivity index is 2.21. The molecule has 0 saturated carbocycles. The van der Waals surface area contributed by atoms with Crippen LogP contribution in [0.2, 0.25) is 0 Å². The maximum Gasteiger partial charge on any atom is 0.0639 e. The molecule has 1 aromatic carbocycles. The number of hydrogen-bond donors (Lipinski definition) is 2. The van der Waals surface area contributed by atoms with Crippen molar-refractivity contribution in [2.24, 2.45) is 0 Å². The number of ether oxygens (including phenoxy) is 1. The number of rotatable bonds is 7. The largest absolute Gasteiger partial charge is 0.397 e. The van der Waals surface area contributed by atoms with Crippen LogP contribution in [0.5, 0.6) is 0 Å². The van der Waals surface area contributed by atoms with Crippen LogP contribution >= 0.6 is 22.6 Å². The van der Waals surface area contributed by atoms with Gasteiger partial charge in [0.15, 0.2) is 0 Å². The van der Waals surface area contributed by atoms with E-state index in [9.17, 15) is 0 Å². The van der Waals surface area contributed by atoms with Crippen LogP contribution in [0, 0.1) is 3.57 Å². The standard InChI is InChI=1S/C12H19IN2O/c1-2-3-7-16-8-6-15-12-5-4-10(13)9-11(12)14/h4-5,9,15H,2-3,6-8,14H2,1H3. The van der Waals surface area contributed by atoms with Gasteiger partial charge in [0.2, 0.25) is 0 Å². The van der Waals surface area contributed by atoms with Gasteiger partial charge < -0.3 is 15.8 Å². The monoisotopic (exact) mass is 334 g/mol. The zero-order valence-electron chi connectivity index (χ0n) is 9.63. The van der Waals surface area contributed by atoms with E-state index in [1.807, 2.05) is 18.2 Å². The molecule has 3 N–H and O–H groups in total. The van der Waals surface area contributed by atoms with Crippen LogP contribution in [0.3, 0.4) is 0 Å². The van der Waals surface area contributed by atoms with E-state index in [1.165, 1.54) is 6.42 Å². The second kappa shape index (κ2) is 7.73. The molecule has 0 aliphatic carbocycles. The summed E-state index contributed by atoms with van der Waals surface area (Å²) in [5.41, 5.74) is 7.65. The number of nitrogens with one attached hydrogen (secondary N) is 1. The molecule has 0 heterocycles. The summed E-state index contributed by atoms with van der Waals surface area (Å²) in [7, 11) is 0. The van der Waals surface area contributed by atoms with Crippen molar-refractivity contribution in [1.29, 1.82) is 0 Å². The van der Waals surface area contributed by atoms with E-state index in [1.54, 1.807) is 0 Å². The van der Waals surface area contributed by atoms with Crippen LogP contribution in [0.1, 0.15) is 19.8 Å². The first-order valence-electron chi connectivity index (χ1n) is 5.60. The number of benzene rings is 1. The lowest BCUT2D eigenvalue weighted by Gasteiger charge is -2.09. The minimum Gasteiger partial charge on any atom is -0.397 e. The highest BCUT2D eigenvalue weighted by Crippen LogP contribution is 2.20. The van der Waals surface area contributed by atoms with Crippen LogP contribution in [0.15, 0.2) is 18.2 Å². The zero-order chi connectivity index (χ0) is 11.8. The predicted molar refractivity (Wildman–Crippen MR) is 77.8 cm³/mol. The molecule has 0 unspecified atom stereocenters. The topological polar surface area (TPSA) is 47.3 Å². The summed E-state index contributed by atoms with van der Waals surface area (Å²) in [6.45, 7) is 4.54. The molecule has 0 atom stereocenters. The van der Waals surface area contributed by atoms with Crippen LogP contribution in [-0.4, -0.2) is 19.8 Å². The maximum atomic E-state index is 5.88. The molecule has 0 bridgehead atoms. The third kappa shape index (κ3) is 5.03. The summed E-state index contributed by atoms with van der Waals surface area (Å²) < 4.78 is 6.61. The van der Waals surface area contributed by atoms with Gasteiger partial charge in [0.25, 0.3) is 0 Å². The van der Waals surface area contributed by atoms with Gasteiger partial charge in [-0.15, -0.1) is 0 Å². The summed E-state index contributed by atoms with van der Waals surface area (Å²) in [6, 6.07) is 6.00. The number of anilines is 2. The molecule has 0 aliphatic heterocycles. The molecule has 90 valence electrons. The molecular weight excluding hydrogens is 315 g/mol. The van der Waals surface area contributed by atoms with Gasteiger partial charge in [0.05, 0.1) is 18.0 Å². The molecule has 0 saturated heterocycles. The van der Waals surface area contributed by atoms with Gasteiger partial charge in [-0.3, -0.25) is 0 Å². The highest BCUT2D eigenvalue weighted by atomic mass is 127. The van der Waals surface area contributed by atoms with Crippen molar-refractivity contribution in [3.8, 4) is 0 Å². The van der Waals surface area contributed by atoms with Gasteiger partial charge in [-0.05, 0) is 47.2 Å². The Hall–Kier alpha value is -0.490. The third-order valence-corrected chi connectivity index (χ3v) is 2.89. The molecule has 0 aromatic heterocycles. The van der Waals surface area contributed by atoms with E-state index < -0.39 is 0 Å². The molecule has 0 amide bonds. The predicted octanol–water partition coefficient (Wildman–Crippen LogP) is 3.10. The zero-order valence-corrected chi connectivity index (χ0v) is 11.8. The van der Waals surface area contributed by atoms with E-state index in [4.69, 9.17) is 10.5 Å². The smallest absolute Gasteiger partial charge is 0.0639 e. The van der Waals surface area contributed by atoms with E-state index in [0.717, 1.165) is 41.1 Å². The number of unbranched alkanes of at least 4 members (excludes halogenated alkanes) is 1. The average Bonchev–Trinajstić information content (AvgIpc) is 2.26. The fourth-order valence-corrected chi connectivity index (χ4v) is 1.82. The van der Waals surface area contributed by atoms with Crippen LogP contribution in [0.4, 0.5) is 11.4 Å². The quantitative estimate of drug-likeness (QED) is 0.458. The minimum atomic E-state index is 0.728. The van der Waals surface area contributed by atoms with Crippen LogP contribution in [-0.2, 0) is 4.74 Å². The van der Waals surface area contributed by atoms with Crippen molar-refractivity contribution in [3.63, 3.8) is 0 Å². The van der Waals surface area contributed by atoms with Crippen molar-refractivity contribution in [3.05, 3.63) is 21.8 Å². The Labute approximate surface area is 111 Å². The third-order valence-electron chi connectivity index (χ3n) is 2.22. The van der Waals surface area contributed by atoms with E-state index >= 15 is 0 Å². The fraction of sp³-hybridized carbons (Fsp3) is 0.500.